The van der Waals surface area contributed by atoms with E-state index in [0.29, 0.717) is 17.0 Å². The van der Waals surface area contributed by atoms with Crippen LogP contribution in [0.15, 0.2) is 18.3 Å². The third-order valence-corrected chi connectivity index (χ3v) is 8.39. The first-order valence-corrected chi connectivity index (χ1v) is 12.4. The Labute approximate surface area is 198 Å². The predicted octanol–water partition coefficient (Wildman–Crippen LogP) is 5.42. The molecule has 0 unspecified atom stereocenters. The van der Waals surface area contributed by atoms with Crippen LogP contribution in [0.3, 0.4) is 0 Å². The number of nitrogens with zero attached hydrogens (tertiary/aromatic N) is 6. The number of halogens is 2. The lowest BCUT2D eigenvalue weighted by atomic mass is 9.84. The molecule has 0 amide bonds. The summed E-state index contributed by atoms with van der Waals surface area (Å²) in [4.78, 5) is 15.0. The summed E-state index contributed by atoms with van der Waals surface area (Å²) in [6.45, 7) is 9.79. The van der Waals surface area contributed by atoms with Gasteiger partial charge in [0.2, 0.25) is 0 Å². The van der Waals surface area contributed by atoms with Gasteiger partial charge < -0.3 is 4.90 Å². The van der Waals surface area contributed by atoms with Crippen molar-refractivity contribution < 1.29 is 0 Å². The zero-order valence-electron chi connectivity index (χ0n) is 18.7. The molecule has 4 atom stereocenters. The third-order valence-electron chi connectivity index (χ3n) is 7.74. The molecule has 2 fully saturated rings. The lowest BCUT2D eigenvalue weighted by molar-refractivity contribution is 0.139. The van der Waals surface area contributed by atoms with Crippen LogP contribution in [0.2, 0.25) is 10.0 Å². The van der Waals surface area contributed by atoms with Crippen molar-refractivity contribution in [3.05, 3.63) is 45.2 Å². The van der Waals surface area contributed by atoms with Gasteiger partial charge in [-0.2, -0.15) is 5.10 Å². The first kappa shape index (κ1) is 20.7. The number of aryl methyl sites for hydroxylation is 1. The summed E-state index contributed by atoms with van der Waals surface area (Å²) in [5.74, 6) is 1.43. The van der Waals surface area contributed by atoms with Crippen molar-refractivity contribution >= 4 is 40.2 Å². The molecule has 0 N–H and O–H groups in total. The van der Waals surface area contributed by atoms with Crippen molar-refractivity contribution in [2.75, 3.05) is 24.5 Å². The van der Waals surface area contributed by atoms with Gasteiger partial charge in [-0.1, -0.05) is 30.1 Å². The molecule has 0 saturated carbocycles. The number of hydrogen-bond donors (Lipinski definition) is 0. The number of piperidine rings is 1. The van der Waals surface area contributed by atoms with Crippen molar-refractivity contribution in [2.24, 2.45) is 5.92 Å². The molecule has 168 valence electrons. The van der Waals surface area contributed by atoms with Crippen molar-refractivity contribution in [1.29, 1.82) is 0 Å². The van der Waals surface area contributed by atoms with E-state index in [-0.39, 0.29) is 12.1 Å². The first-order chi connectivity index (χ1) is 15.4. The minimum absolute atomic E-state index is 0.0669. The lowest BCUT2D eigenvalue weighted by Crippen LogP contribution is -2.51. The molecule has 3 aromatic rings. The van der Waals surface area contributed by atoms with Crippen LogP contribution in [0.25, 0.3) is 11.2 Å². The second kappa shape index (κ2) is 7.57. The molecule has 3 aliphatic heterocycles. The quantitative estimate of drug-likeness (QED) is 0.475. The Morgan fingerprint density at radius 2 is 1.78 bits per heavy atom. The SMILES string of the molecule is Cc1nn2c3nc(cnc13)N1C[C@@H](C)[C@@H](N3CCCC3)C[C@@H]1c1cc(c(Cl)cc1Cl)[C@H]2C. The molecular weight excluding hydrogens is 443 g/mol. The molecule has 8 heteroatoms. The molecule has 5 heterocycles. The van der Waals surface area contributed by atoms with E-state index in [1.807, 2.05) is 23.9 Å². The summed E-state index contributed by atoms with van der Waals surface area (Å²) in [7, 11) is 0. The molecule has 32 heavy (non-hydrogen) atoms. The highest BCUT2D eigenvalue weighted by Gasteiger charge is 2.40. The van der Waals surface area contributed by atoms with E-state index >= 15 is 0 Å². The minimum Gasteiger partial charge on any atom is -0.348 e. The highest BCUT2D eigenvalue weighted by molar-refractivity contribution is 6.35. The number of likely N-dealkylation sites (tertiary alicyclic amines) is 1. The van der Waals surface area contributed by atoms with Gasteiger partial charge in [0.25, 0.3) is 0 Å². The van der Waals surface area contributed by atoms with Crippen molar-refractivity contribution in [3.63, 3.8) is 0 Å². The summed E-state index contributed by atoms with van der Waals surface area (Å²) in [6, 6.07) is 4.74. The smallest absolute Gasteiger partial charge is 0.179 e. The average Bonchev–Trinajstić information content (AvgIpc) is 3.41. The van der Waals surface area contributed by atoms with Gasteiger partial charge in [0.1, 0.15) is 11.3 Å². The minimum atomic E-state index is -0.0669. The number of aromatic nitrogens is 4. The molecule has 0 aliphatic carbocycles. The zero-order chi connectivity index (χ0) is 22.1. The van der Waals surface area contributed by atoms with Crippen LogP contribution in [0, 0.1) is 12.8 Å². The van der Waals surface area contributed by atoms with Crippen LogP contribution >= 0.6 is 23.2 Å². The fourth-order valence-corrected chi connectivity index (χ4v) is 6.69. The van der Waals surface area contributed by atoms with Crippen molar-refractivity contribution in [1.82, 2.24) is 24.6 Å². The number of hydrogen-bond acceptors (Lipinski definition) is 5. The molecular formula is C24H28Cl2N6. The summed E-state index contributed by atoms with van der Waals surface area (Å²) < 4.78 is 1.96. The van der Waals surface area contributed by atoms with E-state index in [1.54, 1.807) is 0 Å². The Bertz CT molecular complexity index is 1200. The maximum atomic E-state index is 6.85. The van der Waals surface area contributed by atoms with E-state index in [9.17, 15) is 0 Å². The number of benzene rings is 1. The highest BCUT2D eigenvalue weighted by Crippen LogP contribution is 2.44. The maximum absolute atomic E-state index is 6.85. The largest absolute Gasteiger partial charge is 0.348 e. The van der Waals surface area contributed by atoms with Crippen LogP contribution in [0.1, 0.15) is 62.0 Å². The summed E-state index contributed by atoms with van der Waals surface area (Å²) >= 11 is 13.6. The number of fused-ring (bicyclic) bond motifs is 6. The Morgan fingerprint density at radius 1 is 1.03 bits per heavy atom. The van der Waals surface area contributed by atoms with Crippen molar-refractivity contribution in [2.45, 2.75) is 58.2 Å². The molecule has 2 saturated heterocycles. The molecule has 4 bridgehead atoms. The third kappa shape index (κ3) is 3.06. The summed E-state index contributed by atoms with van der Waals surface area (Å²) in [6.07, 6.45) is 5.53. The Morgan fingerprint density at radius 3 is 2.56 bits per heavy atom. The Kier molecular flexibility index (Phi) is 4.90. The van der Waals surface area contributed by atoms with Gasteiger partial charge >= 0.3 is 0 Å². The van der Waals surface area contributed by atoms with Crippen LogP contribution in [-0.4, -0.2) is 50.3 Å². The van der Waals surface area contributed by atoms with Gasteiger partial charge in [0, 0.05) is 22.6 Å². The number of rotatable bonds is 1. The van der Waals surface area contributed by atoms with Crippen LogP contribution in [0.4, 0.5) is 5.82 Å². The lowest BCUT2D eigenvalue weighted by Gasteiger charge is -2.47. The fraction of sp³-hybridized carbons (Fsp3) is 0.542. The highest BCUT2D eigenvalue weighted by atomic mass is 35.5. The molecule has 0 radical (unpaired) electrons. The van der Waals surface area contributed by atoms with E-state index in [0.717, 1.165) is 51.8 Å². The first-order valence-electron chi connectivity index (χ1n) is 11.6. The van der Waals surface area contributed by atoms with Crippen LogP contribution in [-0.2, 0) is 0 Å². The molecule has 2 aromatic heterocycles. The zero-order valence-corrected chi connectivity index (χ0v) is 20.2. The van der Waals surface area contributed by atoms with Crippen molar-refractivity contribution in [3.8, 4) is 0 Å². The van der Waals surface area contributed by atoms with E-state index in [2.05, 4.69) is 29.7 Å². The van der Waals surface area contributed by atoms with Crippen LogP contribution in [0.5, 0.6) is 0 Å². The molecule has 6 nitrogen and oxygen atoms in total. The second-order valence-corrected chi connectivity index (χ2v) is 10.5. The monoisotopic (exact) mass is 470 g/mol. The van der Waals surface area contributed by atoms with Gasteiger partial charge in [-0.15, -0.1) is 0 Å². The predicted molar refractivity (Wildman–Crippen MR) is 129 cm³/mol. The molecule has 1 aromatic carbocycles. The van der Waals surface area contributed by atoms with E-state index < -0.39 is 0 Å². The molecule has 0 spiro atoms. The Balaban J connectivity index is 1.57. The normalized spacial score (nSPS) is 27.8. The molecule has 3 aliphatic rings. The van der Waals surface area contributed by atoms with Gasteiger partial charge in [-0.05, 0) is 75.4 Å². The fourth-order valence-electron chi connectivity index (χ4n) is 6.02. The van der Waals surface area contributed by atoms with Crippen LogP contribution < -0.4 is 4.90 Å². The summed E-state index contributed by atoms with van der Waals surface area (Å²) in [5.41, 5.74) is 4.70. The van der Waals surface area contributed by atoms with E-state index in [1.165, 1.54) is 25.9 Å². The average molecular weight is 471 g/mol. The standard InChI is InChI=1S/C24H28Cl2N6/c1-13-12-31-21(10-20(13)30-6-4-5-7-30)17-8-16(18(25)9-19(17)26)15(3)32-24-23(14(2)29-32)27-11-22(31)28-24/h8-9,11,13,15,20-21H,4-7,10,12H2,1-3H3/t13-,15-,20+,21-/m1/s1. The summed E-state index contributed by atoms with van der Waals surface area (Å²) in [5, 5.41) is 6.18. The Hall–Kier alpha value is -1.89. The van der Waals surface area contributed by atoms with Gasteiger partial charge in [0.15, 0.2) is 5.65 Å². The number of anilines is 1. The van der Waals surface area contributed by atoms with Gasteiger partial charge in [-0.25, -0.2) is 14.6 Å². The van der Waals surface area contributed by atoms with Gasteiger partial charge in [0.05, 0.1) is 24.0 Å². The van der Waals surface area contributed by atoms with E-state index in [4.69, 9.17) is 38.3 Å². The topological polar surface area (TPSA) is 50.1 Å². The van der Waals surface area contributed by atoms with Gasteiger partial charge in [-0.3, -0.25) is 4.90 Å². The second-order valence-electron chi connectivity index (χ2n) is 9.69. The maximum Gasteiger partial charge on any atom is 0.179 e. The molecule has 6 rings (SSSR count).